The predicted octanol–water partition coefficient (Wildman–Crippen LogP) is 2.52. The molecule has 1 fully saturated rings. The number of unbranched alkanes of at least 4 members (excludes halogenated alkanes) is 8. The van der Waals surface area contributed by atoms with E-state index in [0.29, 0.717) is 6.42 Å². The number of carbonyl (C=O) groups excluding carboxylic acids is 1. The maximum absolute atomic E-state index is 10.8. The summed E-state index contributed by atoms with van der Waals surface area (Å²) in [5.74, 6) is -0.462. The number of epoxide rings is 1. The Labute approximate surface area is 116 Å². The summed E-state index contributed by atoms with van der Waals surface area (Å²) in [6.45, 7) is 2.23. The highest BCUT2D eigenvalue weighted by Crippen LogP contribution is 2.27. The summed E-state index contributed by atoms with van der Waals surface area (Å²) in [6, 6.07) is 0. The van der Waals surface area contributed by atoms with Crippen LogP contribution in [0.3, 0.4) is 0 Å². The third kappa shape index (κ3) is 6.92. The van der Waals surface area contributed by atoms with E-state index in [1.165, 1.54) is 44.9 Å². The smallest absolute Gasteiger partial charge is 0.249 e. The number of amides is 1. The van der Waals surface area contributed by atoms with Crippen molar-refractivity contribution in [3.05, 3.63) is 0 Å². The highest BCUT2D eigenvalue weighted by atomic mass is 16.6. The molecule has 1 aliphatic rings. The Kier molecular flexibility index (Phi) is 8.07. The van der Waals surface area contributed by atoms with Gasteiger partial charge in [-0.1, -0.05) is 64.7 Å². The first-order chi connectivity index (χ1) is 9.16. The molecule has 3 atom stereocenters. The number of carbonyl (C=O) groups is 1. The molecule has 0 radical (unpaired) electrons. The van der Waals surface area contributed by atoms with E-state index in [4.69, 9.17) is 10.5 Å². The molecule has 1 heterocycles. The molecule has 4 nitrogen and oxygen atoms in total. The summed E-state index contributed by atoms with van der Waals surface area (Å²) < 4.78 is 5.05. The number of ether oxygens (including phenoxy) is 1. The van der Waals surface area contributed by atoms with E-state index in [1.54, 1.807) is 0 Å². The quantitative estimate of drug-likeness (QED) is 0.423. The molecule has 0 aromatic rings. The average Bonchev–Trinajstić information content (AvgIpc) is 3.17. The zero-order valence-electron chi connectivity index (χ0n) is 12.1. The number of aliphatic hydroxyl groups is 1. The minimum Gasteiger partial charge on any atom is -0.390 e. The molecule has 1 rings (SSSR count). The van der Waals surface area contributed by atoms with Gasteiger partial charge in [0, 0.05) is 0 Å². The molecule has 0 spiro atoms. The van der Waals surface area contributed by atoms with Crippen LogP contribution in [0.5, 0.6) is 0 Å². The molecule has 112 valence electrons. The second-order valence-corrected chi connectivity index (χ2v) is 5.61. The van der Waals surface area contributed by atoms with Crippen molar-refractivity contribution in [3.63, 3.8) is 0 Å². The number of aliphatic hydroxyl groups excluding tert-OH is 1. The fourth-order valence-electron chi connectivity index (χ4n) is 2.47. The molecular weight excluding hydrogens is 242 g/mol. The normalized spacial score (nSPS) is 23.3. The van der Waals surface area contributed by atoms with E-state index in [2.05, 4.69) is 6.92 Å². The molecule has 4 heteroatoms. The number of nitrogens with two attached hydrogens (primary N) is 1. The van der Waals surface area contributed by atoms with Gasteiger partial charge in [0.15, 0.2) is 6.10 Å². The minimum atomic E-state index is -0.548. The molecule has 0 aliphatic carbocycles. The topological polar surface area (TPSA) is 75.8 Å². The van der Waals surface area contributed by atoms with Crippen molar-refractivity contribution in [3.8, 4) is 0 Å². The third-order valence-corrected chi connectivity index (χ3v) is 3.79. The van der Waals surface area contributed by atoms with E-state index in [0.717, 1.165) is 12.8 Å². The van der Waals surface area contributed by atoms with Crippen molar-refractivity contribution >= 4 is 5.91 Å². The summed E-state index contributed by atoms with van der Waals surface area (Å²) in [7, 11) is 0. The lowest BCUT2D eigenvalue weighted by Gasteiger charge is -2.07. The van der Waals surface area contributed by atoms with Crippen molar-refractivity contribution in [1.29, 1.82) is 0 Å². The molecular formula is C15H29NO3. The van der Waals surface area contributed by atoms with Crippen molar-refractivity contribution in [2.45, 2.75) is 89.4 Å². The lowest BCUT2D eigenvalue weighted by molar-refractivity contribution is -0.119. The summed E-state index contributed by atoms with van der Waals surface area (Å²) >= 11 is 0. The second kappa shape index (κ2) is 9.32. The summed E-state index contributed by atoms with van der Waals surface area (Å²) in [5.41, 5.74) is 5.10. The SMILES string of the molecule is CCCCCCCCCCC[C@@H](O)[C@H]1O[C@H]1C(N)=O. The van der Waals surface area contributed by atoms with Gasteiger partial charge >= 0.3 is 0 Å². The highest BCUT2D eigenvalue weighted by Gasteiger charge is 2.48. The van der Waals surface area contributed by atoms with Crippen LogP contribution in [0, 0.1) is 0 Å². The zero-order chi connectivity index (χ0) is 14.1. The maximum atomic E-state index is 10.8. The summed E-state index contributed by atoms with van der Waals surface area (Å²) in [4.78, 5) is 10.8. The van der Waals surface area contributed by atoms with Gasteiger partial charge in [0.2, 0.25) is 5.91 Å². The van der Waals surface area contributed by atoms with Crippen LogP contribution in [0.2, 0.25) is 0 Å². The van der Waals surface area contributed by atoms with Crippen molar-refractivity contribution in [2.75, 3.05) is 0 Å². The zero-order valence-corrected chi connectivity index (χ0v) is 12.1. The van der Waals surface area contributed by atoms with Crippen LogP contribution in [-0.2, 0) is 9.53 Å². The monoisotopic (exact) mass is 271 g/mol. The number of rotatable bonds is 12. The van der Waals surface area contributed by atoms with Gasteiger partial charge < -0.3 is 15.6 Å². The van der Waals surface area contributed by atoms with Gasteiger partial charge in [-0.25, -0.2) is 0 Å². The number of hydrogen-bond acceptors (Lipinski definition) is 3. The average molecular weight is 271 g/mol. The first kappa shape index (κ1) is 16.4. The Hall–Kier alpha value is -0.610. The fraction of sp³-hybridized carbons (Fsp3) is 0.933. The molecule has 0 saturated carbocycles. The van der Waals surface area contributed by atoms with Gasteiger partial charge in [0.1, 0.15) is 6.10 Å². The lowest BCUT2D eigenvalue weighted by Crippen LogP contribution is -2.25. The van der Waals surface area contributed by atoms with Crippen LogP contribution in [0.4, 0.5) is 0 Å². The van der Waals surface area contributed by atoms with Crippen molar-refractivity contribution in [1.82, 2.24) is 0 Å². The van der Waals surface area contributed by atoms with Crippen molar-refractivity contribution < 1.29 is 14.6 Å². The van der Waals surface area contributed by atoms with Crippen LogP contribution < -0.4 is 5.73 Å². The highest BCUT2D eigenvalue weighted by molar-refractivity contribution is 5.81. The van der Waals surface area contributed by atoms with Gasteiger partial charge in [-0.05, 0) is 6.42 Å². The van der Waals surface area contributed by atoms with Gasteiger partial charge in [-0.2, -0.15) is 0 Å². The van der Waals surface area contributed by atoms with Gasteiger partial charge in [-0.3, -0.25) is 4.79 Å². The van der Waals surface area contributed by atoms with Gasteiger partial charge in [0.25, 0.3) is 0 Å². The van der Waals surface area contributed by atoms with Gasteiger partial charge in [-0.15, -0.1) is 0 Å². The third-order valence-electron chi connectivity index (χ3n) is 3.79. The first-order valence-electron chi connectivity index (χ1n) is 7.79. The van der Waals surface area contributed by atoms with E-state index in [1.807, 2.05) is 0 Å². The fourth-order valence-corrected chi connectivity index (χ4v) is 2.47. The van der Waals surface area contributed by atoms with E-state index >= 15 is 0 Å². The molecule has 3 N–H and O–H groups in total. The van der Waals surface area contributed by atoms with Crippen LogP contribution in [0.1, 0.15) is 71.1 Å². The van der Waals surface area contributed by atoms with Crippen LogP contribution in [0.15, 0.2) is 0 Å². The predicted molar refractivity (Wildman–Crippen MR) is 75.7 cm³/mol. The summed E-state index contributed by atoms with van der Waals surface area (Å²) in [6.07, 6.45) is 10.7. The minimum absolute atomic E-state index is 0.341. The molecule has 0 aromatic heterocycles. The number of hydrogen-bond donors (Lipinski definition) is 2. The number of primary amides is 1. The molecule has 1 amide bonds. The Morgan fingerprint density at radius 1 is 1.11 bits per heavy atom. The van der Waals surface area contributed by atoms with Crippen LogP contribution in [-0.4, -0.2) is 29.3 Å². The Morgan fingerprint density at radius 3 is 2.11 bits per heavy atom. The van der Waals surface area contributed by atoms with Gasteiger partial charge in [0.05, 0.1) is 6.10 Å². The Balaban J connectivity index is 1.85. The van der Waals surface area contributed by atoms with E-state index < -0.39 is 18.1 Å². The molecule has 0 bridgehead atoms. The Morgan fingerprint density at radius 2 is 1.63 bits per heavy atom. The van der Waals surface area contributed by atoms with E-state index in [9.17, 15) is 9.90 Å². The maximum Gasteiger partial charge on any atom is 0.249 e. The van der Waals surface area contributed by atoms with Crippen LogP contribution in [0.25, 0.3) is 0 Å². The summed E-state index contributed by atoms with van der Waals surface area (Å²) in [5, 5.41) is 9.78. The molecule has 19 heavy (non-hydrogen) atoms. The van der Waals surface area contributed by atoms with Crippen molar-refractivity contribution in [2.24, 2.45) is 5.73 Å². The second-order valence-electron chi connectivity index (χ2n) is 5.61. The largest absolute Gasteiger partial charge is 0.390 e. The van der Waals surface area contributed by atoms with Crippen LogP contribution >= 0.6 is 0 Å². The first-order valence-corrected chi connectivity index (χ1v) is 7.79. The molecule has 0 unspecified atom stereocenters. The molecule has 1 saturated heterocycles. The lowest BCUT2D eigenvalue weighted by atomic mass is 10.0. The molecule has 1 aliphatic heterocycles. The Bertz CT molecular complexity index is 258. The van der Waals surface area contributed by atoms with E-state index in [-0.39, 0.29) is 6.10 Å². The standard InChI is InChI=1S/C15H29NO3/c1-2-3-4-5-6-7-8-9-10-11-12(17)13-14(19-13)15(16)18/h12-14,17H,2-11H2,1H3,(H2,16,18)/t12-,13-,14-/m1/s1. The molecule has 0 aromatic carbocycles.